The number of phenolic OH excluding ortho intramolecular Hbond substituents is 1. The third kappa shape index (κ3) is 1.27. The molecule has 1 heterocycles. The Morgan fingerprint density at radius 1 is 1.17 bits per heavy atom. The van der Waals surface area contributed by atoms with Gasteiger partial charge in [0.25, 0.3) is 0 Å². The number of aryl methyl sites for hydroxylation is 1. The van der Waals surface area contributed by atoms with Crippen LogP contribution in [0.4, 0.5) is 0 Å². The fourth-order valence-corrected chi connectivity index (χ4v) is 2.57. The molecule has 0 radical (unpaired) electrons. The zero-order valence-corrected chi connectivity index (χ0v) is 10.1. The van der Waals surface area contributed by atoms with E-state index in [1.807, 2.05) is 30.3 Å². The van der Waals surface area contributed by atoms with Crippen LogP contribution in [0.3, 0.4) is 0 Å². The topological polar surface area (TPSA) is 42.2 Å². The van der Waals surface area contributed by atoms with Gasteiger partial charge in [-0.25, -0.2) is 0 Å². The van der Waals surface area contributed by atoms with Crippen molar-refractivity contribution in [2.45, 2.75) is 13.5 Å². The quantitative estimate of drug-likeness (QED) is 0.697. The van der Waals surface area contributed by atoms with Crippen molar-refractivity contribution in [1.29, 1.82) is 0 Å². The lowest BCUT2D eigenvalue weighted by Gasteiger charge is -2.03. The van der Waals surface area contributed by atoms with E-state index in [-0.39, 0.29) is 5.75 Å². The van der Waals surface area contributed by atoms with Crippen LogP contribution in [0.5, 0.6) is 5.75 Å². The molecular formula is C15H13NO2. The highest BCUT2D eigenvalue weighted by Crippen LogP contribution is 2.36. The number of aromatic hydroxyl groups is 1. The summed E-state index contributed by atoms with van der Waals surface area (Å²) in [4.78, 5) is 10.9. The standard InChI is InChI=1S/C15H13NO2/c1-2-16-12-6-4-3-5-11(12)14-13(16)8-7-10(9-17)15(14)18/h3-9,18H,2H2,1H3. The van der Waals surface area contributed by atoms with Gasteiger partial charge in [0.05, 0.1) is 16.5 Å². The fraction of sp³-hybridized carbons (Fsp3) is 0.133. The average molecular weight is 239 g/mol. The second-order valence-electron chi connectivity index (χ2n) is 4.28. The maximum Gasteiger partial charge on any atom is 0.153 e. The first-order chi connectivity index (χ1) is 8.77. The molecule has 18 heavy (non-hydrogen) atoms. The third-order valence-corrected chi connectivity index (χ3v) is 3.39. The molecule has 0 aliphatic carbocycles. The fourth-order valence-electron chi connectivity index (χ4n) is 2.57. The van der Waals surface area contributed by atoms with Crippen LogP contribution in [0.2, 0.25) is 0 Å². The van der Waals surface area contributed by atoms with Gasteiger partial charge in [-0.2, -0.15) is 0 Å². The normalized spacial score (nSPS) is 11.2. The number of nitrogens with zero attached hydrogens (tertiary/aromatic N) is 1. The Labute approximate surface area is 104 Å². The van der Waals surface area contributed by atoms with Crippen molar-refractivity contribution < 1.29 is 9.90 Å². The summed E-state index contributed by atoms with van der Waals surface area (Å²) in [5.41, 5.74) is 2.37. The van der Waals surface area contributed by atoms with Crippen LogP contribution in [0.25, 0.3) is 21.8 Å². The Bertz CT molecular complexity index is 756. The van der Waals surface area contributed by atoms with Crippen molar-refractivity contribution in [2.24, 2.45) is 0 Å². The summed E-state index contributed by atoms with van der Waals surface area (Å²) in [5.74, 6) is 0.0749. The number of para-hydroxylation sites is 1. The summed E-state index contributed by atoms with van der Waals surface area (Å²) in [6, 6.07) is 11.5. The second kappa shape index (κ2) is 3.88. The van der Waals surface area contributed by atoms with Gasteiger partial charge in [0.2, 0.25) is 0 Å². The number of benzene rings is 2. The molecular weight excluding hydrogens is 226 g/mol. The highest BCUT2D eigenvalue weighted by Gasteiger charge is 2.14. The van der Waals surface area contributed by atoms with E-state index in [2.05, 4.69) is 11.5 Å². The third-order valence-electron chi connectivity index (χ3n) is 3.39. The molecule has 0 unspecified atom stereocenters. The molecule has 1 N–H and O–H groups in total. The number of rotatable bonds is 2. The Hall–Kier alpha value is -2.29. The highest BCUT2D eigenvalue weighted by atomic mass is 16.3. The monoisotopic (exact) mass is 239 g/mol. The van der Waals surface area contributed by atoms with Crippen LogP contribution in [0.1, 0.15) is 17.3 Å². The molecule has 2 aromatic carbocycles. The number of hydrogen-bond acceptors (Lipinski definition) is 2. The molecule has 0 saturated heterocycles. The van der Waals surface area contributed by atoms with Crippen LogP contribution >= 0.6 is 0 Å². The molecule has 0 amide bonds. The van der Waals surface area contributed by atoms with E-state index in [1.54, 1.807) is 6.07 Å². The van der Waals surface area contributed by atoms with Gasteiger partial charge in [0.15, 0.2) is 6.29 Å². The molecule has 0 aliphatic rings. The Morgan fingerprint density at radius 2 is 1.94 bits per heavy atom. The van der Waals surface area contributed by atoms with Gasteiger partial charge in [-0.3, -0.25) is 4.79 Å². The Balaban J connectivity index is 2.60. The lowest BCUT2D eigenvalue weighted by molar-refractivity contribution is 0.112. The minimum atomic E-state index is 0.0749. The maximum absolute atomic E-state index is 10.9. The Kier molecular flexibility index (Phi) is 2.33. The SMILES string of the molecule is CCn1c2ccccc2c2c(O)c(C=O)ccc21. The Morgan fingerprint density at radius 3 is 2.67 bits per heavy atom. The van der Waals surface area contributed by atoms with Gasteiger partial charge in [0.1, 0.15) is 5.75 Å². The molecule has 0 atom stereocenters. The van der Waals surface area contributed by atoms with Gasteiger partial charge in [0, 0.05) is 17.4 Å². The summed E-state index contributed by atoms with van der Waals surface area (Å²) < 4.78 is 2.14. The van der Waals surface area contributed by atoms with Crippen molar-refractivity contribution >= 4 is 28.1 Å². The van der Waals surface area contributed by atoms with Gasteiger partial charge in [-0.05, 0) is 25.1 Å². The van der Waals surface area contributed by atoms with Crippen molar-refractivity contribution in [3.05, 3.63) is 42.0 Å². The van der Waals surface area contributed by atoms with Gasteiger partial charge >= 0.3 is 0 Å². The summed E-state index contributed by atoms with van der Waals surface area (Å²) >= 11 is 0. The molecule has 3 aromatic rings. The van der Waals surface area contributed by atoms with E-state index in [4.69, 9.17) is 0 Å². The van der Waals surface area contributed by atoms with Gasteiger partial charge < -0.3 is 9.67 Å². The van der Waals surface area contributed by atoms with Gasteiger partial charge in [-0.1, -0.05) is 18.2 Å². The number of aldehydes is 1. The van der Waals surface area contributed by atoms with Crippen molar-refractivity contribution in [1.82, 2.24) is 4.57 Å². The smallest absolute Gasteiger partial charge is 0.153 e. The molecule has 0 fully saturated rings. The van der Waals surface area contributed by atoms with E-state index in [9.17, 15) is 9.90 Å². The summed E-state index contributed by atoms with van der Waals surface area (Å²) in [5, 5.41) is 12.0. The van der Waals surface area contributed by atoms with Crippen LogP contribution in [0, 0.1) is 0 Å². The van der Waals surface area contributed by atoms with E-state index in [1.165, 1.54) is 0 Å². The first-order valence-electron chi connectivity index (χ1n) is 5.96. The van der Waals surface area contributed by atoms with Crippen molar-refractivity contribution in [3.8, 4) is 5.75 Å². The van der Waals surface area contributed by atoms with E-state index in [0.29, 0.717) is 11.8 Å². The predicted molar refractivity (Wildman–Crippen MR) is 72.2 cm³/mol. The number of hydrogen-bond donors (Lipinski definition) is 1. The number of phenols is 1. The predicted octanol–water partition coefficient (Wildman–Crippen LogP) is 3.33. The number of carbonyl (C=O) groups is 1. The molecule has 0 spiro atoms. The molecule has 3 rings (SSSR count). The molecule has 0 saturated carbocycles. The van der Waals surface area contributed by atoms with Crippen molar-refractivity contribution in [2.75, 3.05) is 0 Å². The zero-order chi connectivity index (χ0) is 12.7. The number of carbonyl (C=O) groups excluding carboxylic acids is 1. The van der Waals surface area contributed by atoms with Gasteiger partial charge in [-0.15, -0.1) is 0 Å². The summed E-state index contributed by atoms with van der Waals surface area (Å²) in [6.45, 7) is 2.89. The number of aromatic nitrogens is 1. The molecule has 1 aromatic heterocycles. The van der Waals surface area contributed by atoms with Crippen LogP contribution in [-0.4, -0.2) is 16.0 Å². The minimum Gasteiger partial charge on any atom is -0.506 e. The van der Waals surface area contributed by atoms with Crippen LogP contribution in [-0.2, 0) is 6.54 Å². The molecule has 3 nitrogen and oxygen atoms in total. The largest absolute Gasteiger partial charge is 0.506 e. The molecule has 3 heteroatoms. The maximum atomic E-state index is 10.9. The molecule has 0 aliphatic heterocycles. The average Bonchev–Trinajstić information content (AvgIpc) is 2.73. The molecule has 0 bridgehead atoms. The zero-order valence-electron chi connectivity index (χ0n) is 10.1. The second-order valence-corrected chi connectivity index (χ2v) is 4.28. The van der Waals surface area contributed by atoms with Crippen molar-refractivity contribution in [3.63, 3.8) is 0 Å². The number of fused-ring (bicyclic) bond motifs is 3. The highest BCUT2D eigenvalue weighted by molar-refractivity contribution is 6.13. The lowest BCUT2D eigenvalue weighted by atomic mass is 10.1. The van der Waals surface area contributed by atoms with E-state index < -0.39 is 0 Å². The first kappa shape index (κ1) is 10.8. The minimum absolute atomic E-state index is 0.0749. The first-order valence-corrected chi connectivity index (χ1v) is 5.96. The summed E-state index contributed by atoms with van der Waals surface area (Å²) in [6.07, 6.45) is 0.687. The lowest BCUT2D eigenvalue weighted by Crippen LogP contribution is -1.93. The molecule has 90 valence electrons. The van der Waals surface area contributed by atoms with Crippen LogP contribution in [0.15, 0.2) is 36.4 Å². The van der Waals surface area contributed by atoms with Crippen LogP contribution < -0.4 is 0 Å². The summed E-state index contributed by atoms with van der Waals surface area (Å²) in [7, 11) is 0. The van der Waals surface area contributed by atoms with E-state index in [0.717, 1.165) is 28.4 Å². The van der Waals surface area contributed by atoms with E-state index >= 15 is 0 Å².